The lowest BCUT2D eigenvalue weighted by Crippen LogP contribution is -2.06. The Morgan fingerprint density at radius 1 is 1.24 bits per heavy atom. The van der Waals surface area contributed by atoms with Crippen molar-refractivity contribution in [3.8, 4) is 11.5 Å². The van der Waals surface area contributed by atoms with Gasteiger partial charge in [-0.05, 0) is 24.3 Å². The predicted molar refractivity (Wildman–Crippen MR) is 71.6 cm³/mol. The summed E-state index contributed by atoms with van der Waals surface area (Å²) in [4.78, 5) is 0. The molecule has 0 radical (unpaired) electrons. The third kappa shape index (κ3) is 4.09. The number of aliphatic hydroxyl groups is 1. The van der Waals surface area contributed by atoms with Crippen LogP contribution in [0.5, 0.6) is 11.5 Å². The molecule has 5 nitrogen and oxygen atoms in total. The molecule has 0 aliphatic carbocycles. The standard InChI is InChI=1S/C14H15F2NO4/c1-19-9-4-5-13(21-14(15)16)12(6-9)17-7-10-2-3-11(8-18)20-10/h2-6,14,17-18H,7-8H2,1H3. The fourth-order valence-corrected chi connectivity index (χ4v) is 1.76. The highest BCUT2D eigenvalue weighted by molar-refractivity contribution is 5.59. The van der Waals surface area contributed by atoms with Crippen molar-refractivity contribution in [2.45, 2.75) is 19.8 Å². The largest absolute Gasteiger partial charge is 0.497 e. The lowest BCUT2D eigenvalue weighted by molar-refractivity contribution is -0.0494. The number of alkyl halides is 2. The van der Waals surface area contributed by atoms with Crippen molar-refractivity contribution < 1.29 is 27.8 Å². The number of hydrogen-bond acceptors (Lipinski definition) is 5. The summed E-state index contributed by atoms with van der Waals surface area (Å²) in [6, 6.07) is 7.80. The smallest absolute Gasteiger partial charge is 0.387 e. The first-order valence-corrected chi connectivity index (χ1v) is 6.17. The van der Waals surface area contributed by atoms with Crippen LogP contribution in [0.15, 0.2) is 34.7 Å². The minimum Gasteiger partial charge on any atom is -0.497 e. The Labute approximate surface area is 120 Å². The van der Waals surface area contributed by atoms with Crippen LogP contribution in [0.4, 0.5) is 14.5 Å². The van der Waals surface area contributed by atoms with Crippen molar-refractivity contribution in [2.24, 2.45) is 0 Å². The summed E-state index contributed by atoms with van der Waals surface area (Å²) in [6.07, 6.45) is 0. The van der Waals surface area contributed by atoms with Crippen LogP contribution in [0.2, 0.25) is 0 Å². The second-order valence-corrected chi connectivity index (χ2v) is 4.12. The highest BCUT2D eigenvalue weighted by atomic mass is 19.3. The van der Waals surface area contributed by atoms with Gasteiger partial charge in [0.05, 0.1) is 19.3 Å². The molecular weight excluding hydrogens is 284 g/mol. The highest BCUT2D eigenvalue weighted by Gasteiger charge is 2.11. The first-order valence-electron chi connectivity index (χ1n) is 6.17. The van der Waals surface area contributed by atoms with E-state index in [4.69, 9.17) is 14.3 Å². The number of rotatable bonds is 7. The summed E-state index contributed by atoms with van der Waals surface area (Å²) < 4.78 is 39.5. The van der Waals surface area contributed by atoms with Gasteiger partial charge in [-0.3, -0.25) is 0 Å². The summed E-state index contributed by atoms with van der Waals surface area (Å²) in [5.74, 6) is 1.51. The van der Waals surface area contributed by atoms with Crippen molar-refractivity contribution in [1.29, 1.82) is 0 Å². The van der Waals surface area contributed by atoms with Crippen LogP contribution >= 0.6 is 0 Å². The second kappa shape index (κ2) is 6.94. The van der Waals surface area contributed by atoms with Crippen molar-refractivity contribution in [3.05, 3.63) is 41.9 Å². The van der Waals surface area contributed by atoms with Gasteiger partial charge < -0.3 is 24.3 Å². The van der Waals surface area contributed by atoms with E-state index in [2.05, 4.69) is 10.1 Å². The van der Waals surface area contributed by atoms with Gasteiger partial charge >= 0.3 is 6.61 Å². The molecule has 2 N–H and O–H groups in total. The first kappa shape index (κ1) is 15.1. The van der Waals surface area contributed by atoms with E-state index < -0.39 is 6.61 Å². The Balaban J connectivity index is 2.12. The number of methoxy groups -OCH3 is 1. The first-order chi connectivity index (χ1) is 10.1. The van der Waals surface area contributed by atoms with Gasteiger partial charge in [-0.2, -0.15) is 8.78 Å². The second-order valence-electron chi connectivity index (χ2n) is 4.12. The van der Waals surface area contributed by atoms with Crippen LogP contribution in [0.25, 0.3) is 0 Å². The molecule has 2 rings (SSSR count). The lowest BCUT2D eigenvalue weighted by atomic mass is 10.2. The van der Waals surface area contributed by atoms with E-state index in [1.807, 2.05) is 0 Å². The molecule has 0 amide bonds. The van der Waals surface area contributed by atoms with Crippen molar-refractivity contribution >= 4 is 5.69 Å². The monoisotopic (exact) mass is 299 g/mol. The summed E-state index contributed by atoms with van der Waals surface area (Å²) in [7, 11) is 1.48. The zero-order valence-corrected chi connectivity index (χ0v) is 11.3. The molecule has 0 unspecified atom stereocenters. The molecule has 0 bridgehead atoms. The number of anilines is 1. The molecule has 1 heterocycles. The van der Waals surface area contributed by atoms with Crippen molar-refractivity contribution in [2.75, 3.05) is 12.4 Å². The summed E-state index contributed by atoms with van der Waals surface area (Å²) >= 11 is 0. The van der Waals surface area contributed by atoms with Crippen LogP contribution in [0.1, 0.15) is 11.5 Å². The van der Waals surface area contributed by atoms with E-state index in [0.29, 0.717) is 23.0 Å². The minimum atomic E-state index is -2.91. The molecule has 0 saturated heterocycles. The molecule has 0 aliphatic heterocycles. The maximum Gasteiger partial charge on any atom is 0.387 e. The van der Waals surface area contributed by atoms with E-state index in [1.165, 1.54) is 19.2 Å². The fourth-order valence-electron chi connectivity index (χ4n) is 1.76. The van der Waals surface area contributed by atoms with Crippen LogP contribution in [-0.2, 0) is 13.2 Å². The number of hydrogen-bond donors (Lipinski definition) is 2. The van der Waals surface area contributed by atoms with Gasteiger partial charge in [-0.15, -0.1) is 0 Å². The minimum absolute atomic E-state index is 0.0136. The molecule has 0 spiro atoms. The third-order valence-electron chi connectivity index (χ3n) is 2.73. The van der Waals surface area contributed by atoms with Crippen molar-refractivity contribution in [3.63, 3.8) is 0 Å². The number of halogens is 2. The maximum absolute atomic E-state index is 12.4. The number of nitrogens with one attached hydrogen (secondary N) is 1. The number of ether oxygens (including phenoxy) is 2. The Morgan fingerprint density at radius 3 is 2.62 bits per heavy atom. The van der Waals surface area contributed by atoms with E-state index in [9.17, 15) is 8.78 Å². The molecule has 1 aromatic heterocycles. The Morgan fingerprint density at radius 2 is 2.00 bits per heavy atom. The highest BCUT2D eigenvalue weighted by Crippen LogP contribution is 2.30. The van der Waals surface area contributed by atoms with Crippen LogP contribution in [0.3, 0.4) is 0 Å². The number of aliphatic hydroxyl groups excluding tert-OH is 1. The molecule has 0 saturated carbocycles. The van der Waals surface area contributed by atoms with Crippen LogP contribution < -0.4 is 14.8 Å². The van der Waals surface area contributed by atoms with Gasteiger partial charge in [0.15, 0.2) is 0 Å². The molecule has 1 aromatic carbocycles. The maximum atomic E-state index is 12.4. The van der Waals surface area contributed by atoms with Crippen LogP contribution in [0, 0.1) is 0 Å². The normalized spacial score (nSPS) is 10.7. The lowest BCUT2D eigenvalue weighted by Gasteiger charge is -2.13. The predicted octanol–water partition coefficient (Wildman–Crippen LogP) is 2.99. The quantitative estimate of drug-likeness (QED) is 0.823. The van der Waals surface area contributed by atoms with Gasteiger partial charge in [-0.1, -0.05) is 0 Å². The average molecular weight is 299 g/mol. The zero-order valence-electron chi connectivity index (χ0n) is 11.3. The molecule has 7 heteroatoms. The molecular formula is C14H15F2NO4. The van der Waals surface area contributed by atoms with Gasteiger partial charge in [-0.25, -0.2) is 0 Å². The summed E-state index contributed by atoms with van der Waals surface area (Å²) in [6.45, 7) is -2.85. The number of furan rings is 1. The van der Waals surface area contributed by atoms with E-state index in [0.717, 1.165) is 0 Å². The zero-order chi connectivity index (χ0) is 15.2. The topological polar surface area (TPSA) is 63.9 Å². The fraction of sp³-hybridized carbons (Fsp3) is 0.286. The van der Waals surface area contributed by atoms with Gasteiger partial charge in [0.2, 0.25) is 0 Å². The molecule has 0 aliphatic rings. The Hall–Kier alpha value is -2.28. The average Bonchev–Trinajstić information content (AvgIpc) is 2.93. The SMILES string of the molecule is COc1ccc(OC(F)F)c(NCc2ccc(CO)o2)c1. The Bertz CT molecular complexity index is 586. The molecule has 2 aromatic rings. The van der Waals surface area contributed by atoms with Gasteiger partial charge in [0, 0.05) is 6.07 Å². The summed E-state index contributed by atoms with van der Waals surface area (Å²) in [5.41, 5.74) is 0.358. The Kier molecular flexibility index (Phi) is 4.99. The van der Waals surface area contributed by atoms with Crippen LogP contribution in [-0.4, -0.2) is 18.8 Å². The summed E-state index contributed by atoms with van der Waals surface area (Å²) in [5, 5.41) is 11.8. The van der Waals surface area contributed by atoms with Gasteiger partial charge in [0.1, 0.15) is 29.6 Å². The molecule has 114 valence electrons. The number of benzene rings is 1. The van der Waals surface area contributed by atoms with Gasteiger partial charge in [0.25, 0.3) is 0 Å². The molecule has 0 atom stereocenters. The van der Waals surface area contributed by atoms with E-state index >= 15 is 0 Å². The van der Waals surface area contributed by atoms with E-state index in [-0.39, 0.29) is 18.9 Å². The molecule has 21 heavy (non-hydrogen) atoms. The molecule has 0 fully saturated rings. The third-order valence-corrected chi connectivity index (χ3v) is 2.73. The van der Waals surface area contributed by atoms with E-state index in [1.54, 1.807) is 18.2 Å². The van der Waals surface area contributed by atoms with Crippen molar-refractivity contribution in [1.82, 2.24) is 0 Å².